The zero-order chi connectivity index (χ0) is 13.4. The van der Waals surface area contributed by atoms with Gasteiger partial charge in [-0.25, -0.2) is 0 Å². The average Bonchev–Trinajstić information content (AvgIpc) is 2.37. The van der Waals surface area contributed by atoms with E-state index in [1.807, 2.05) is 12.1 Å². The van der Waals surface area contributed by atoms with E-state index in [-0.39, 0.29) is 0 Å². The number of unbranched alkanes of at least 4 members (excludes halogenated alkanes) is 1. The molecule has 0 heterocycles. The summed E-state index contributed by atoms with van der Waals surface area (Å²) in [5, 5.41) is -0.503. The van der Waals surface area contributed by atoms with Gasteiger partial charge in [-0.1, -0.05) is 25.5 Å². The fourth-order valence-corrected chi connectivity index (χ4v) is 1.46. The van der Waals surface area contributed by atoms with Crippen LogP contribution in [0.4, 0.5) is 0 Å². The second kappa shape index (κ2) is 7.77. The molecular formula is C14H17ClO3. The fourth-order valence-electron chi connectivity index (χ4n) is 1.40. The third-order valence-corrected chi connectivity index (χ3v) is 2.48. The lowest BCUT2D eigenvalue weighted by molar-refractivity contribution is -0.107. The van der Waals surface area contributed by atoms with Gasteiger partial charge in [-0.2, -0.15) is 0 Å². The molecule has 0 unspecified atom stereocenters. The molecule has 0 saturated carbocycles. The monoisotopic (exact) mass is 268 g/mol. The number of benzene rings is 1. The Morgan fingerprint density at radius 1 is 1.39 bits per heavy atom. The minimum absolute atomic E-state index is 0.503. The summed E-state index contributed by atoms with van der Waals surface area (Å²) in [7, 11) is 1.59. The van der Waals surface area contributed by atoms with E-state index in [1.165, 1.54) is 6.08 Å². The first-order valence-electron chi connectivity index (χ1n) is 5.85. The van der Waals surface area contributed by atoms with Crippen LogP contribution in [-0.2, 0) is 4.79 Å². The number of allylic oxidation sites excluding steroid dienone is 1. The fraction of sp³-hybridized carbons (Fsp3) is 0.357. The molecule has 0 fully saturated rings. The lowest BCUT2D eigenvalue weighted by atomic mass is 10.2. The highest BCUT2D eigenvalue weighted by Gasteiger charge is 2.04. The van der Waals surface area contributed by atoms with Crippen LogP contribution in [0.15, 0.2) is 24.3 Å². The van der Waals surface area contributed by atoms with Gasteiger partial charge in [-0.15, -0.1) is 0 Å². The molecule has 0 bridgehead atoms. The van der Waals surface area contributed by atoms with Gasteiger partial charge in [0.05, 0.1) is 13.7 Å². The van der Waals surface area contributed by atoms with Crippen LogP contribution >= 0.6 is 11.6 Å². The molecule has 0 aliphatic rings. The highest BCUT2D eigenvalue weighted by atomic mass is 35.5. The second-order valence-electron chi connectivity index (χ2n) is 3.75. The molecule has 0 radical (unpaired) electrons. The van der Waals surface area contributed by atoms with Gasteiger partial charge in [0.25, 0.3) is 0 Å². The number of methoxy groups -OCH3 is 1. The maximum atomic E-state index is 10.6. The third-order valence-electron chi connectivity index (χ3n) is 2.35. The third kappa shape index (κ3) is 4.80. The maximum Gasteiger partial charge on any atom is 0.245 e. The molecule has 0 aromatic heterocycles. The Bertz CT molecular complexity index is 427. The minimum Gasteiger partial charge on any atom is -0.493 e. The summed E-state index contributed by atoms with van der Waals surface area (Å²) < 4.78 is 10.9. The molecule has 3 nitrogen and oxygen atoms in total. The quantitative estimate of drug-likeness (QED) is 0.430. The van der Waals surface area contributed by atoms with Gasteiger partial charge in [0.1, 0.15) is 0 Å². The molecule has 0 aliphatic heterocycles. The molecule has 98 valence electrons. The van der Waals surface area contributed by atoms with Crippen LogP contribution in [0.25, 0.3) is 6.08 Å². The summed E-state index contributed by atoms with van der Waals surface area (Å²) in [5.74, 6) is 1.36. The molecule has 0 atom stereocenters. The van der Waals surface area contributed by atoms with Crippen molar-refractivity contribution in [1.29, 1.82) is 0 Å². The van der Waals surface area contributed by atoms with Gasteiger partial charge in [0.2, 0.25) is 5.24 Å². The van der Waals surface area contributed by atoms with Crippen LogP contribution in [0.5, 0.6) is 11.5 Å². The van der Waals surface area contributed by atoms with Crippen molar-refractivity contribution in [2.24, 2.45) is 0 Å². The van der Waals surface area contributed by atoms with Gasteiger partial charge in [0, 0.05) is 0 Å². The smallest absolute Gasteiger partial charge is 0.245 e. The molecule has 0 saturated heterocycles. The van der Waals surface area contributed by atoms with E-state index < -0.39 is 5.24 Å². The van der Waals surface area contributed by atoms with Crippen LogP contribution in [-0.4, -0.2) is 19.0 Å². The van der Waals surface area contributed by atoms with Crippen molar-refractivity contribution < 1.29 is 14.3 Å². The summed E-state index contributed by atoms with van der Waals surface area (Å²) in [6.07, 6.45) is 5.02. The predicted octanol–water partition coefficient (Wildman–Crippen LogP) is 3.65. The highest BCUT2D eigenvalue weighted by Crippen LogP contribution is 2.28. The van der Waals surface area contributed by atoms with E-state index >= 15 is 0 Å². The molecule has 18 heavy (non-hydrogen) atoms. The minimum atomic E-state index is -0.503. The summed E-state index contributed by atoms with van der Waals surface area (Å²) >= 11 is 5.24. The van der Waals surface area contributed by atoms with Gasteiger partial charge in [0.15, 0.2) is 11.5 Å². The zero-order valence-electron chi connectivity index (χ0n) is 10.6. The first-order chi connectivity index (χ1) is 8.67. The van der Waals surface area contributed by atoms with Crippen LogP contribution in [0.3, 0.4) is 0 Å². The predicted molar refractivity (Wildman–Crippen MR) is 73.3 cm³/mol. The number of hydrogen-bond donors (Lipinski definition) is 0. The van der Waals surface area contributed by atoms with Crippen molar-refractivity contribution >= 4 is 22.9 Å². The Hall–Kier alpha value is -1.48. The molecule has 0 N–H and O–H groups in total. The van der Waals surface area contributed by atoms with Gasteiger partial charge in [-0.05, 0) is 41.8 Å². The first-order valence-corrected chi connectivity index (χ1v) is 6.23. The summed E-state index contributed by atoms with van der Waals surface area (Å²) in [4.78, 5) is 10.6. The molecule has 1 aromatic rings. The number of carbonyl (C=O) groups is 1. The Kier molecular flexibility index (Phi) is 6.29. The topological polar surface area (TPSA) is 35.5 Å². The van der Waals surface area contributed by atoms with Crippen LogP contribution in [0, 0.1) is 0 Å². The molecule has 1 rings (SSSR count). The number of rotatable bonds is 7. The van der Waals surface area contributed by atoms with Crippen LogP contribution < -0.4 is 9.47 Å². The average molecular weight is 269 g/mol. The standard InChI is InChI=1S/C14H17ClO3/c1-3-4-9-18-12-7-5-11(6-8-14(15)16)10-13(12)17-2/h5-8,10H,3-4,9H2,1-2H3. The van der Waals surface area contributed by atoms with Crippen molar-refractivity contribution in [3.05, 3.63) is 29.8 Å². The Morgan fingerprint density at radius 3 is 2.78 bits per heavy atom. The zero-order valence-corrected chi connectivity index (χ0v) is 11.4. The Labute approximate surface area is 112 Å². The van der Waals surface area contributed by atoms with E-state index in [1.54, 1.807) is 19.3 Å². The normalized spacial score (nSPS) is 10.6. The lowest BCUT2D eigenvalue weighted by Gasteiger charge is -2.10. The lowest BCUT2D eigenvalue weighted by Crippen LogP contribution is -1.98. The van der Waals surface area contributed by atoms with E-state index in [9.17, 15) is 4.79 Å². The van der Waals surface area contributed by atoms with E-state index in [0.29, 0.717) is 18.1 Å². The number of hydrogen-bond acceptors (Lipinski definition) is 3. The maximum absolute atomic E-state index is 10.6. The van der Waals surface area contributed by atoms with Crippen LogP contribution in [0.1, 0.15) is 25.3 Å². The molecule has 0 spiro atoms. The van der Waals surface area contributed by atoms with Gasteiger partial charge in [-0.3, -0.25) is 4.79 Å². The van der Waals surface area contributed by atoms with Crippen molar-refractivity contribution in [3.8, 4) is 11.5 Å². The van der Waals surface area contributed by atoms with Gasteiger partial charge >= 0.3 is 0 Å². The molecule has 1 aromatic carbocycles. The van der Waals surface area contributed by atoms with Crippen molar-refractivity contribution in [1.82, 2.24) is 0 Å². The van der Waals surface area contributed by atoms with Crippen molar-refractivity contribution in [2.45, 2.75) is 19.8 Å². The molecule has 4 heteroatoms. The number of carbonyl (C=O) groups excluding carboxylic acids is 1. The van der Waals surface area contributed by atoms with E-state index in [4.69, 9.17) is 21.1 Å². The number of halogens is 1. The number of ether oxygens (including phenoxy) is 2. The van der Waals surface area contributed by atoms with E-state index in [0.717, 1.165) is 18.4 Å². The summed E-state index contributed by atoms with van der Waals surface area (Å²) in [6, 6.07) is 5.48. The van der Waals surface area contributed by atoms with Crippen molar-refractivity contribution in [3.63, 3.8) is 0 Å². The van der Waals surface area contributed by atoms with Crippen molar-refractivity contribution in [2.75, 3.05) is 13.7 Å². The molecule has 0 aliphatic carbocycles. The van der Waals surface area contributed by atoms with Gasteiger partial charge < -0.3 is 9.47 Å². The molecular weight excluding hydrogens is 252 g/mol. The van der Waals surface area contributed by atoms with Crippen LogP contribution in [0.2, 0.25) is 0 Å². The second-order valence-corrected chi connectivity index (χ2v) is 4.12. The summed E-state index contributed by atoms with van der Waals surface area (Å²) in [6.45, 7) is 2.78. The van der Waals surface area contributed by atoms with E-state index in [2.05, 4.69) is 6.92 Å². The summed E-state index contributed by atoms with van der Waals surface area (Å²) in [5.41, 5.74) is 0.837. The highest BCUT2D eigenvalue weighted by molar-refractivity contribution is 6.66. The largest absolute Gasteiger partial charge is 0.493 e. The Morgan fingerprint density at radius 2 is 2.17 bits per heavy atom. The Balaban J connectivity index is 2.79. The SMILES string of the molecule is CCCCOc1ccc(C=CC(=O)Cl)cc1OC. The molecule has 0 amide bonds. The first kappa shape index (κ1) is 14.6.